The standard InChI is InChI=1S/C13H15N5O3/c1-8-7-10(5-6-11(8)18(19)20)21-13-15-9(2)14-12(16-13)17(3)4/h5-7H,1-4H3. The fourth-order valence-corrected chi connectivity index (χ4v) is 1.69. The number of aryl methyl sites for hydroxylation is 2. The molecule has 21 heavy (non-hydrogen) atoms. The molecule has 0 aliphatic rings. The van der Waals surface area contributed by atoms with Crippen molar-refractivity contribution in [2.45, 2.75) is 13.8 Å². The van der Waals surface area contributed by atoms with Crippen molar-refractivity contribution in [3.05, 3.63) is 39.7 Å². The average Bonchev–Trinajstić information content (AvgIpc) is 2.37. The van der Waals surface area contributed by atoms with Crippen molar-refractivity contribution >= 4 is 11.6 Å². The summed E-state index contributed by atoms with van der Waals surface area (Å²) in [5.74, 6) is 1.45. The van der Waals surface area contributed by atoms with Crippen molar-refractivity contribution in [2.24, 2.45) is 0 Å². The van der Waals surface area contributed by atoms with Crippen LogP contribution in [0.25, 0.3) is 0 Å². The van der Waals surface area contributed by atoms with Crippen LogP contribution in [0.1, 0.15) is 11.4 Å². The molecular weight excluding hydrogens is 274 g/mol. The maximum Gasteiger partial charge on any atom is 0.327 e. The van der Waals surface area contributed by atoms with E-state index >= 15 is 0 Å². The van der Waals surface area contributed by atoms with Crippen LogP contribution in [0, 0.1) is 24.0 Å². The van der Waals surface area contributed by atoms with Crippen LogP contribution in [0.4, 0.5) is 11.6 Å². The molecule has 0 spiro atoms. The highest BCUT2D eigenvalue weighted by Gasteiger charge is 2.13. The predicted octanol–water partition coefficient (Wildman–Crippen LogP) is 2.25. The largest absolute Gasteiger partial charge is 0.424 e. The molecule has 0 amide bonds. The van der Waals surface area contributed by atoms with Crippen molar-refractivity contribution in [2.75, 3.05) is 19.0 Å². The van der Waals surface area contributed by atoms with Crippen LogP contribution in [0.5, 0.6) is 11.8 Å². The van der Waals surface area contributed by atoms with Crippen molar-refractivity contribution in [3.63, 3.8) is 0 Å². The van der Waals surface area contributed by atoms with Crippen LogP contribution in [0.15, 0.2) is 18.2 Å². The van der Waals surface area contributed by atoms with Crippen LogP contribution in [-0.2, 0) is 0 Å². The van der Waals surface area contributed by atoms with E-state index < -0.39 is 4.92 Å². The molecule has 1 heterocycles. The Morgan fingerprint density at radius 1 is 1.19 bits per heavy atom. The number of anilines is 1. The van der Waals surface area contributed by atoms with Gasteiger partial charge in [0.2, 0.25) is 5.95 Å². The van der Waals surface area contributed by atoms with Crippen LogP contribution in [-0.4, -0.2) is 34.0 Å². The molecule has 1 aromatic carbocycles. The zero-order chi connectivity index (χ0) is 15.6. The Hall–Kier alpha value is -2.77. The fourth-order valence-electron chi connectivity index (χ4n) is 1.69. The van der Waals surface area contributed by atoms with Crippen LogP contribution in [0.2, 0.25) is 0 Å². The summed E-state index contributed by atoms with van der Waals surface area (Å²) >= 11 is 0. The number of nitrogens with zero attached hydrogens (tertiary/aromatic N) is 5. The predicted molar refractivity (Wildman–Crippen MR) is 76.8 cm³/mol. The van der Waals surface area contributed by atoms with Crippen LogP contribution >= 0.6 is 0 Å². The van der Waals surface area contributed by atoms with Crippen molar-refractivity contribution < 1.29 is 9.66 Å². The van der Waals surface area contributed by atoms with E-state index in [1.54, 1.807) is 24.8 Å². The van der Waals surface area contributed by atoms with Gasteiger partial charge in [0.25, 0.3) is 5.69 Å². The maximum atomic E-state index is 10.8. The molecule has 8 nitrogen and oxygen atoms in total. The first-order chi connectivity index (χ1) is 9.86. The number of benzene rings is 1. The van der Waals surface area contributed by atoms with Gasteiger partial charge in [0.15, 0.2) is 0 Å². The molecule has 0 unspecified atom stereocenters. The fraction of sp³-hybridized carbons (Fsp3) is 0.308. The molecule has 0 saturated carbocycles. The topological polar surface area (TPSA) is 94.3 Å². The average molecular weight is 289 g/mol. The first-order valence-electron chi connectivity index (χ1n) is 6.19. The Balaban J connectivity index is 2.30. The van der Waals surface area contributed by atoms with E-state index in [1.807, 2.05) is 14.1 Å². The number of hydrogen-bond acceptors (Lipinski definition) is 7. The van der Waals surface area contributed by atoms with Gasteiger partial charge in [-0.1, -0.05) is 0 Å². The number of hydrogen-bond donors (Lipinski definition) is 0. The van der Waals surface area contributed by atoms with E-state index in [-0.39, 0.29) is 11.7 Å². The number of aromatic nitrogens is 3. The van der Waals surface area contributed by atoms with Crippen LogP contribution < -0.4 is 9.64 Å². The number of rotatable bonds is 4. The minimum atomic E-state index is -0.434. The molecule has 2 rings (SSSR count). The minimum absolute atomic E-state index is 0.0446. The molecule has 0 fully saturated rings. The van der Waals surface area contributed by atoms with E-state index in [0.29, 0.717) is 23.1 Å². The Labute approximate surface area is 121 Å². The number of nitro groups is 1. The van der Waals surface area contributed by atoms with Gasteiger partial charge in [0.1, 0.15) is 11.6 Å². The van der Waals surface area contributed by atoms with Gasteiger partial charge >= 0.3 is 6.01 Å². The molecule has 110 valence electrons. The molecule has 0 N–H and O–H groups in total. The summed E-state index contributed by atoms with van der Waals surface area (Å²) in [6.45, 7) is 3.39. The Bertz CT molecular complexity index is 688. The molecule has 2 aromatic rings. The van der Waals surface area contributed by atoms with Gasteiger partial charge in [0, 0.05) is 25.7 Å². The summed E-state index contributed by atoms with van der Waals surface area (Å²) in [4.78, 5) is 24.5. The molecule has 0 atom stereocenters. The van der Waals surface area contributed by atoms with Crippen molar-refractivity contribution in [1.82, 2.24) is 15.0 Å². The Kier molecular flexibility index (Phi) is 3.97. The molecule has 0 aliphatic carbocycles. The van der Waals surface area contributed by atoms with Gasteiger partial charge in [-0.3, -0.25) is 10.1 Å². The maximum absolute atomic E-state index is 10.8. The SMILES string of the molecule is Cc1nc(Oc2ccc([N+](=O)[O-])c(C)c2)nc(N(C)C)n1. The third-order valence-electron chi connectivity index (χ3n) is 2.69. The number of nitro benzene ring substituents is 1. The monoisotopic (exact) mass is 289 g/mol. The first-order valence-corrected chi connectivity index (χ1v) is 6.19. The summed E-state index contributed by atoms with van der Waals surface area (Å²) in [6.07, 6.45) is 0. The summed E-state index contributed by atoms with van der Waals surface area (Å²) < 4.78 is 5.55. The molecular formula is C13H15N5O3. The number of ether oxygens (including phenoxy) is 1. The van der Waals surface area contributed by atoms with Gasteiger partial charge in [-0.25, -0.2) is 0 Å². The van der Waals surface area contributed by atoms with E-state index in [4.69, 9.17) is 4.74 Å². The third kappa shape index (κ3) is 3.41. The van der Waals surface area contributed by atoms with Crippen molar-refractivity contribution in [1.29, 1.82) is 0 Å². The van der Waals surface area contributed by atoms with E-state index in [2.05, 4.69) is 15.0 Å². The van der Waals surface area contributed by atoms with Crippen LogP contribution in [0.3, 0.4) is 0 Å². The zero-order valence-corrected chi connectivity index (χ0v) is 12.2. The molecule has 1 aromatic heterocycles. The lowest BCUT2D eigenvalue weighted by molar-refractivity contribution is -0.385. The lowest BCUT2D eigenvalue weighted by Crippen LogP contribution is -2.14. The Morgan fingerprint density at radius 3 is 2.48 bits per heavy atom. The molecule has 0 radical (unpaired) electrons. The quantitative estimate of drug-likeness (QED) is 0.629. The second kappa shape index (κ2) is 5.70. The van der Waals surface area contributed by atoms with Gasteiger partial charge in [-0.05, 0) is 26.0 Å². The third-order valence-corrected chi connectivity index (χ3v) is 2.69. The van der Waals surface area contributed by atoms with Gasteiger partial charge in [-0.15, -0.1) is 0 Å². The highest BCUT2D eigenvalue weighted by molar-refractivity contribution is 5.45. The summed E-state index contributed by atoms with van der Waals surface area (Å²) in [5, 5.41) is 10.8. The molecule has 8 heteroatoms. The Morgan fingerprint density at radius 2 is 1.90 bits per heavy atom. The van der Waals surface area contributed by atoms with E-state index in [1.165, 1.54) is 12.1 Å². The normalized spacial score (nSPS) is 10.3. The highest BCUT2D eigenvalue weighted by Crippen LogP contribution is 2.26. The highest BCUT2D eigenvalue weighted by atomic mass is 16.6. The lowest BCUT2D eigenvalue weighted by atomic mass is 10.2. The minimum Gasteiger partial charge on any atom is -0.424 e. The van der Waals surface area contributed by atoms with E-state index in [0.717, 1.165) is 0 Å². The van der Waals surface area contributed by atoms with Gasteiger partial charge in [0.05, 0.1) is 4.92 Å². The lowest BCUT2D eigenvalue weighted by Gasteiger charge is -2.12. The van der Waals surface area contributed by atoms with Crippen molar-refractivity contribution in [3.8, 4) is 11.8 Å². The van der Waals surface area contributed by atoms with Gasteiger partial charge in [-0.2, -0.15) is 15.0 Å². The summed E-state index contributed by atoms with van der Waals surface area (Å²) in [6, 6.07) is 4.64. The zero-order valence-electron chi connectivity index (χ0n) is 12.2. The molecule has 0 saturated heterocycles. The van der Waals surface area contributed by atoms with Gasteiger partial charge < -0.3 is 9.64 Å². The molecule has 0 bridgehead atoms. The smallest absolute Gasteiger partial charge is 0.327 e. The second-order valence-corrected chi connectivity index (χ2v) is 4.67. The summed E-state index contributed by atoms with van der Waals surface area (Å²) in [5.41, 5.74) is 0.555. The summed E-state index contributed by atoms with van der Waals surface area (Å²) in [7, 11) is 3.63. The van der Waals surface area contributed by atoms with E-state index in [9.17, 15) is 10.1 Å². The second-order valence-electron chi connectivity index (χ2n) is 4.67. The first kappa shape index (κ1) is 14.6. The molecule has 0 aliphatic heterocycles.